The zero-order chi connectivity index (χ0) is 28.2. The van der Waals surface area contributed by atoms with Crippen LogP contribution in [0, 0.1) is 0 Å². The topological polar surface area (TPSA) is 120 Å². The van der Waals surface area contributed by atoms with Crippen molar-refractivity contribution in [3.05, 3.63) is 17.4 Å². The predicted octanol–water partition coefficient (Wildman–Crippen LogP) is 5.45. The molecule has 0 spiro atoms. The molecule has 4 rings (SSSR count). The zero-order valence-electron chi connectivity index (χ0n) is 23.7. The van der Waals surface area contributed by atoms with Gasteiger partial charge in [-0.05, 0) is 28.2 Å². The minimum absolute atomic E-state index is 0.0409. The van der Waals surface area contributed by atoms with E-state index in [1.54, 1.807) is 16.8 Å². The van der Waals surface area contributed by atoms with Crippen LogP contribution in [0.3, 0.4) is 0 Å². The molecule has 4 atom stereocenters. The molecule has 0 radical (unpaired) electrons. The Bertz CT molecular complexity index is 1160. The fourth-order valence-corrected chi connectivity index (χ4v) is 17.3. The lowest BCUT2D eigenvalue weighted by molar-refractivity contribution is -0.155. The summed E-state index contributed by atoms with van der Waals surface area (Å²) in [7, 11) is -5.71. The van der Waals surface area contributed by atoms with Crippen LogP contribution in [-0.4, -0.2) is 62.5 Å². The van der Waals surface area contributed by atoms with Crippen LogP contribution < -0.4 is 5.73 Å². The predicted molar refractivity (Wildman–Crippen MR) is 150 cm³/mol. The number of nitrogens with zero attached hydrogens (tertiary/aromatic N) is 3. The number of carbonyl (C=O) groups excluding carboxylic acids is 1. The van der Waals surface area contributed by atoms with Gasteiger partial charge in [-0.1, -0.05) is 67.0 Å². The largest absolute Gasteiger partial charge is 0.455 e. The molecule has 0 aromatic carbocycles. The summed E-state index contributed by atoms with van der Waals surface area (Å²) in [5.41, 5.74) is 7.03. The highest BCUT2D eigenvalue weighted by molar-refractivity contribution is 6.84. The van der Waals surface area contributed by atoms with Gasteiger partial charge in [-0.3, -0.25) is 4.79 Å². The maximum atomic E-state index is 12.4. The lowest BCUT2D eigenvalue weighted by atomic mass is 10.1. The van der Waals surface area contributed by atoms with E-state index in [1.807, 2.05) is 0 Å². The number of fused-ring (bicyclic) bond motifs is 2. The highest BCUT2D eigenvalue weighted by Gasteiger charge is 2.62. The van der Waals surface area contributed by atoms with Crippen molar-refractivity contribution >= 4 is 51.7 Å². The van der Waals surface area contributed by atoms with E-state index in [9.17, 15) is 4.79 Å². The normalized spacial score (nSPS) is 27.2. The van der Waals surface area contributed by atoms with Gasteiger partial charge in [0.05, 0.1) is 12.0 Å². The van der Waals surface area contributed by atoms with E-state index in [-0.39, 0.29) is 39.9 Å². The number of hydrogen-bond donors (Lipinski definition) is 1. The molecule has 212 valence electrons. The van der Waals surface area contributed by atoms with Gasteiger partial charge in [0.25, 0.3) is 0 Å². The number of aromatic nitrogens is 3. The van der Waals surface area contributed by atoms with Crippen LogP contribution in [0.2, 0.25) is 27.3 Å². The van der Waals surface area contributed by atoms with Crippen LogP contribution in [0.4, 0.5) is 5.95 Å². The molecular formula is C25H41ClN4O6Si2. The Kier molecular flexibility index (Phi) is 8.36. The Morgan fingerprint density at radius 3 is 2.24 bits per heavy atom. The summed E-state index contributed by atoms with van der Waals surface area (Å²) >= 11 is 6.34. The van der Waals surface area contributed by atoms with Crippen molar-refractivity contribution in [3.8, 4) is 0 Å². The van der Waals surface area contributed by atoms with E-state index in [2.05, 4.69) is 65.4 Å². The van der Waals surface area contributed by atoms with Gasteiger partial charge in [-0.15, -0.1) is 0 Å². The minimum Gasteiger partial charge on any atom is -0.455 e. The molecule has 2 saturated heterocycles. The molecule has 0 bridgehead atoms. The van der Waals surface area contributed by atoms with Gasteiger partial charge in [0.1, 0.15) is 23.0 Å². The van der Waals surface area contributed by atoms with Crippen LogP contribution in [0.25, 0.3) is 11.0 Å². The monoisotopic (exact) mass is 584 g/mol. The van der Waals surface area contributed by atoms with Crippen molar-refractivity contribution < 1.29 is 27.2 Å². The second-order valence-electron chi connectivity index (χ2n) is 11.5. The Labute approximate surface area is 232 Å². The van der Waals surface area contributed by atoms with Crippen molar-refractivity contribution in [3.63, 3.8) is 0 Å². The second kappa shape index (κ2) is 10.8. The number of hydrogen-bond acceptors (Lipinski definition) is 9. The Morgan fingerprint density at radius 1 is 1.08 bits per heavy atom. The van der Waals surface area contributed by atoms with E-state index in [0.29, 0.717) is 11.0 Å². The van der Waals surface area contributed by atoms with Gasteiger partial charge in [0.15, 0.2) is 12.3 Å². The number of esters is 1. The maximum absolute atomic E-state index is 12.4. The van der Waals surface area contributed by atoms with E-state index >= 15 is 0 Å². The molecule has 2 N–H and O–H groups in total. The van der Waals surface area contributed by atoms with Gasteiger partial charge in [-0.25, -0.2) is 4.98 Å². The van der Waals surface area contributed by atoms with Crippen molar-refractivity contribution in [2.45, 2.75) is 109 Å². The van der Waals surface area contributed by atoms with Crippen LogP contribution in [0.5, 0.6) is 0 Å². The average Bonchev–Trinajstić information content (AvgIpc) is 3.34. The molecule has 38 heavy (non-hydrogen) atoms. The van der Waals surface area contributed by atoms with Gasteiger partial charge in [-0.2, -0.15) is 4.98 Å². The third kappa shape index (κ3) is 4.93. The molecule has 0 amide bonds. The van der Waals surface area contributed by atoms with Gasteiger partial charge >= 0.3 is 23.1 Å². The first kappa shape index (κ1) is 29.4. The van der Waals surface area contributed by atoms with Gasteiger partial charge in [0.2, 0.25) is 5.95 Å². The fraction of sp³-hybridized carbons (Fsp3) is 0.720. The summed E-state index contributed by atoms with van der Waals surface area (Å²) in [4.78, 5) is 20.8. The molecule has 10 nitrogen and oxygen atoms in total. The summed E-state index contributed by atoms with van der Waals surface area (Å²) in [6.07, 6.45) is -0.808. The van der Waals surface area contributed by atoms with Crippen LogP contribution in [-0.2, 0) is 27.2 Å². The number of nitrogens with two attached hydrogens (primary N) is 1. The Balaban J connectivity index is 1.86. The number of anilines is 1. The molecule has 2 aromatic rings. The van der Waals surface area contributed by atoms with Crippen LogP contribution in [0.15, 0.2) is 12.3 Å². The molecule has 2 aromatic heterocycles. The van der Waals surface area contributed by atoms with Crippen molar-refractivity contribution in [1.82, 2.24) is 14.5 Å². The quantitative estimate of drug-likeness (QED) is 0.268. The van der Waals surface area contributed by atoms with Crippen molar-refractivity contribution in [2.24, 2.45) is 0 Å². The number of nitrogen functional groups attached to an aromatic ring is 1. The highest BCUT2D eigenvalue weighted by Crippen LogP contribution is 2.49. The molecule has 2 aliphatic heterocycles. The first-order chi connectivity index (χ1) is 17.7. The SMILES string of the molecule is CC(=O)O[C@H]1[C@@H]2O[Si](C(C)C)(C(C)C)O[Si](C(C)C)(C(C)C)OC[C@H]2O[C@H]1n1ccc2c(Cl)nc(N)nc21. The molecule has 0 saturated carbocycles. The average molecular weight is 585 g/mol. The molecule has 4 heterocycles. The van der Waals surface area contributed by atoms with E-state index in [1.165, 1.54) is 6.92 Å². The smallest absolute Gasteiger partial charge is 0.335 e. The minimum atomic E-state index is -2.96. The van der Waals surface area contributed by atoms with Gasteiger partial charge < -0.3 is 32.7 Å². The third-order valence-corrected chi connectivity index (χ3v) is 18.3. The van der Waals surface area contributed by atoms with E-state index in [4.69, 9.17) is 39.8 Å². The second-order valence-corrected chi connectivity index (χ2v) is 20.7. The Hall–Kier alpha value is -1.55. The summed E-state index contributed by atoms with van der Waals surface area (Å²) < 4.78 is 35.6. The molecule has 2 fully saturated rings. The highest BCUT2D eigenvalue weighted by atomic mass is 35.5. The number of carbonyl (C=O) groups is 1. The van der Waals surface area contributed by atoms with E-state index < -0.39 is 47.6 Å². The lowest BCUT2D eigenvalue weighted by Crippen LogP contribution is -2.66. The standard InChI is InChI=1S/C25H41ClN4O6Si2/c1-13(2)37(14(3)4)32-12-19-20(35-38(36-37,15(5)6)16(7)8)21(33-17(9)31)24(34-19)30-11-10-18-22(26)28-25(27)29-23(18)30/h10-11,13-16,19-21,24H,12H2,1-9H3,(H2,27,28,29)/t19-,20-,21+,24-/m1/s1. The van der Waals surface area contributed by atoms with E-state index in [0.717, 1.165) is 0 Å². The molecular weight excluding hydrogens is 544 g/mol. The Morgan fingerprint density at radius 2 is 1.68 bits per heavy atom. The molecule has 0 aliphatic carbocycles. The third-order valence-electron chi connectivity index (χ3n) is 7.74. The molecule has 13 heteroatoms. The van der Waals surface area contributed by atoms with Crippen molar-refractivity contribution in [2.75, 3.05) is 12.3 Å². The summed E-state index contributed by atoms with van der Waals surface area (Å²) in [6.45, 7) is 18.9. The first-order valence-electron chi connectivity index (χ1n) is 13.4. The van der Waals surface area contributed by atoms with Gasteiger partial charge in [0, 0.05) is 13.1 Å². The first-order valence-corrected chi connectivity index (χ1v) is 17.7. The summed E-state index contributed by atoms with van der Waals surface area (Å²) in [6, 6.07) is 1.79. The number of rotatable bonds is 6. The number of ether oxygens (including phenoxy) is 2. The molecule has 0 unspecified atom stereocenters. The maximum Gasteiger partial charge on any atom is 0.335 e. The fourth-order valence-electron chi connectivity index (χ4n) is 5.88. The van der Waals surface area contributed by atoms with Crippen LogP contribution >= 0.6 is 11.6 Å². The number of halogens is 1. The summed E-state index contributed by atoms with van der Waals surface area (Å²) in [5.74, 6) is -0.394. The lowest BCUT2D eigenvalue weighted by Gasteiger charge is -2.51. The summed E-state index contributed by atoms with van der Waals surface area (Å²) in [5, 5.41) is 0.859. The molecule has 2 aliphatic rings. The van der Waals surface area contributed by atoms with Crippen molar-refractivity contribution in [1.29, 1.82) is 0 Å². The zero-order valence-corrected chi connectivity index (χ0v) is 26.5. The van der Waals surface area contributed by atoms with Crippen LogP contribution in [0.1, 0.15) is 68.5 Å².